The van der Waals surface area contributed by atoms with Gasteiger partial charge >= 0.3 is 0 Å². The van der Waals surface area contributed by atoms with Crippen LogP contribution in [0.4, 0.5) is 5.95 Å². The molecule has 0 aliphatic heterocycles. The molecular weight excluding hydrogens is 372 g/mol. The first-order valence-electron chi connectivity index (χ1n) is 8.37. The van der Waals surface area contributed by atoms with E-state index >= 15 is 0 Å². The molecule has 0 saturated heterocycles. The second-order valence-electron chi connectivity index (χ2n) is 6.97. The summed E-state index contributed by atoms with van der Waals surface area (Å²) in [5.41, 5.74) is 1.23. The minimum Gasteiger partial charge on any atom is -0.389 e. The molecule has 2 aromatic heterocycles. The van der Waals surface area contributed by atoms with Crippen molar-refractivity contribution in [3.63, 3.8) is 0 Å². The molecule has 3 rings (SSSR count). The Bertz CT molecular complexity index is 703. The number of anilines is 1. The van der Waals surface area contributed by atoms with Crippen molar-refractivity contribution in [2.45, 2.75) is 55.5 Å². The summed E-state index contributed by atoms with van der Waals surface area (Å²) in [5, 5.41) is 18.8. The van der Waals surface area contributed by atoms with Crippen LogP contribution >= 0.6 is 15.9 Å². The van der Waals surface area contributed by atoms with E-state index in [9.17, 15) is 5.11 Å². The summed E-state index contributed by atoms with van der Waals surface area (Å²) in [6, 6.07) is 4.19. The van der Waals surface area contributed by atoms with Gasteiger partial charge in [-0.3, -0.25) is 0 Å². The van der Waals surface area contributed by atoms with Crippen molar-refractivity contribution >= 4 is 27.4 Å². The molecule has 1 fully saturated rings. The molecule has 24 heavy (non-hydrogen) atoms. The maximum absolute atomic E-state index is 10.9. The molecular formula is C17H25BrN4O2. The zero-order valence-electron chi connectivity index (χ0n) is 14.4. The van der Waals surface area contributed by atoms with Crippen LogP contribution in [0.5, 0.6) is 0 Å². The first kappa shape index (κ1) is 17.6. The molecule has 2 heterocycles. The van der Waals surface area contributed by atoms with Crippen LogP contribution in [0.1, 0.15) is 44.7 Å². The third kappa shape index (κ3) is 3.58. The Morgan fingerprint density at radius 1 is 1.50 bits per heavy atom. The zero-order chi connectivity index (χ0) is 17.3. The number of aliphatic hydroxyl groups is 1. The van der Waals surface area contributed by atoms with E-state index in [1.807, 2.05) is 30.6 Å². The van der Waals surface area contributed by atoms with Gasteiger partial charge < -0.3 is 15.2 Å². The number of halogens is 1. The fourth-order valence-electron chi connectivity index (χ4n) is 3.58. The Morgan fingerprint density at radius 2 is 2.29 bits per heavy atom. The summed E-state index contributed by atoms with van der Waals surface area (Å²) in [7, 11) is 1.68. The number of hydrogen-bond donors (Lipinski definition) is 2. The lowest BCUT2D eigenvalue weighted by atomic mass is 9.75. The van der Waals surface area contributed by atoms with Crippen molar-refractivity contribution in [2.75, 3.05) is 19.0 Å². The topological polar surface area (TPSA) is 71.7 Å². The molecule has 3 unspecified atom stereocenters. The summed E-state index contributed by atoms with van der Waals surface area (Å²) in [6.07, 6.45) is 4.53. The van der Waals surface area contributed by atoms with Gasteiger partial charge in [-0.15, -0.1) is 5.10 Å². The fraction of sp³-hybridized carbons (Fsp3) is 0.647. The van der Waals surface area contributed by atoms with E-state index < -0.39 is 5.60 Å². The Labute approximate surface area is 150 Å². The summed E-state index contributed by atoms with van der Waals surface area (Å²) in [4.78, 5) is 4.74. The Morgan fingerprint density at radius 3 is 3.00 bits per heavy atom. The van der Waals surface area contributed by atoms with E-state index in [1.165, 1.54) is 0 Å². The van der Waals surface area contributed by atoms with Crippen LogP contribution in [0.25, 0.3) is 5.52 Å². The lowest BCUT2D eigenvalue weighted by Gasteiger charge is -2.39. The molecule has 1 aliphatic rings. The molecule has 1 aliphatic carbocycles. The third-order valence-electron chi connectivity index (χ3n) is 4.73. The van der Waals surface area contributed by atoms with Crippen LogP contribution < -0.4 is 5.32 Å². The minimum absolute atomic E-state index is 0.0629. The number of rotatable bonds is 5. The molecule has 7 heteroatoms. The summed E-state index contributed by atoms with van der Waals surface area (Å²) < 4.78 is 7.05. The van der Waals surface area contributed by atoms with E-state index in [2.05, 4.69) is 37.4 Å². The molecule has 0 bridgehead atoms. The Kier molecular flexibility index (Phi) is 5.13. The number of ether oxygens (including phenoxy) is 1. The molecule has 2 aromatic rings. The maximum atomic E-state index is 10.9. The standard InChI is InChI=1S/C17H25BrN4O2/c1-11(10-24-3)20-16-19-9-13-5-7-15(22(13)21-16)14-6-4-12(18)8-17(14,2)23/h5,7,9,11-12,14,23H,4,6,8,10H2,1-3H3,(H,20,21)/t11-,12?,14?,17?/m0/s1. The van der Waals surface area contributed by atoms with Gasteiger partial charge in [-0.05, 0) is 45.2 Å². The Hall–Kier alpha value is -1.18. The summed E-state index contributed by atoms with van der Waals surface area (Å²) in [5.74, 6) is 0.631. The van der Waals surface area contributed by atoms with Gasteiger partial charge in [-0.2, -0.15) is 0 Å². The quantitative estimate of drug-likeness (QED) is 0.760. The van der Waals surface area contributed by atoms with Gasteiger partial charge in [-0.25, -0.2) is 9.50 Å². The maximum Gasteiger partial charge on any atom is 0.241 e. The smallest absolute Gasteiger partial charge is 0.241 e. The first-order chi connectivity index (χ1) is 11.4. The summed E-state index contributed by atoms with van der Waals surface area (Å²) in [6.45, 7) is 4.53. The van der Waals surface area contributed by atoms with Crippen molar-refractivity contribution in [1.29, 1.82) is 0 Å². The average Bonchev–Trinajstić information content (AvgIpc) is 2.89. The van der Waals surface area contributed by atoms with Crippen molar-refractivity contribution < 1.29 is 9.84 Å². The Balaban J connectivity index is 1.91. The largest absolute Gasteiger partial charge is 0.389 e. The molecule has 0 radical (unpaired) electrons. The van der Waals surface area contributed by atoms with Crippen molar-refractivity contribution in [2.24, 2.45) is 0 Å². The van der Waals surface area contributed by atoms with Gasteiger partial charge in [0.25, 0.3) is 0 Å². The molecule has 0 spiro atoms. The monoisotopic (exact) mass is 396 g/mol. The molecule has 6 nitrogen and oxygen atoms in total. The van der Waals surface area contributed by atoms with Crippen molar-refractivity contribution in [1.82, 2.24) is 14.6 Å². The van der Waals surface area contributed by atoms with Crippen LogP contribution in [-0.4, -0.2) is 49.9 Å². The van der Waals surface area contributed by atoms with Crippen LogP contribution in [0.15, 0.2) is 18.3 Å². The highest BCUT2D eigenvalue weighted by molar-refractivity contribution is 9.09. The number of methoxy groups -OCH3 is 1. The SMILES string of the molecule is COC[C@H](C)Nc1ncc2ccc(C3CCC(Br)CC3(C)O)n2n1. The molecule has 2 N–H and O–H groups in total. The summed E-state index contributed by atoms with van der Waals surface area (Å²) >= 11 is 3.64. The van der Waals surface area contributed by atoms with E-state index in [4.69, 9.17) is 4.74 Å². The lowest BCUT2D eigenvalue weighted by Crippen LogP contribution is -2.40. The average molecular weight is 397 g/mol. The number of nitrogens with zero attached hydrogens (tertiary/aromatic N) is 3. The molecule has 0 amide bonds. The molecule has 1 saturated carbocycles. The van der Waals surface area contributed by atoms with Crippen LogP contribution in [0, 0.1) is 0 Å². The van der Waals surface area contributed by atoms with Crippen LogP contribution in [0.2, 0.25) is 0 Å². The third-order valence-corrected chi connectivity index (χ3v) is 5.51. The predicted octanol–water partition coefficient (Wildman–Crippen LogP) is 2.96. The van der Waals surface area contributed by atoms with Gasteiger partial charge in [-0.1, -0.05) is 15.9 Å². The van der Waals surface area contributed by atoms with E-state index in [0.717, 1.165) is 30.5 Å². The molecule has 4 atom stereocenters. The predicted molar refractivity (Wildman–Crippen MR) is 97.9 cm³/mol. The van der Waals surface area contributed by atoms with Crippen LogP contribution in [0.3, 0.4) is 0 Å². The van der Waals surface area contributed by atoms with Gasteiger partial charge in [0, 0.05) is 29.6 Å². The van der Waals surface area contributed by atoms with Crippen molar-refractivity contribution in [3.8, 4) is 0 Å². The number of alkyl halides is 1. The number of hydrogen-bond acceptors (Lipinski definition) is 5. The van der Waals surface area contributed by atoms with Gasteiger partial charge in [0.15, 0.2) is 0 Å². The molecule has 0 aromatic carbocycles. The normalized spacial score (nSPS) is 28.9. The first-order valence-corrected chi connectivity index (χ1v) is 9.29. The molecule has 132 valence electrons. The van der Waals surface area contributed by atoms with E-state index in [-0.39, 0.29) is 12.0 Å². The zero-order valence-corrected chi connectivity index (χ0v) is 16.0. The lowest BCUT2D eigenvalue weighted by molar-refractivity contribution is 0.00183. The van der Waals surface area contributed by atoms with E-state index in [0.29, 0.717) is 17.4 Å². The number of nitrogens with one attached hydrogen (secondary N) is 1. The second-order valence-corrected chi connectivity index (χ2v) is 8.26. The van der Waals surface area contributed by atoms with Crippen molar-refractivity contribution in [3.05, 3.63) is 24.0 Å². The van der Waals surface area contributed by atoms with Gasteiger partial charge in [0.1, 0.15) is 0 Å². The number of fused-ring (bicyclic) bond motifs is 1. The highest BCUT2D eigenvalue weighted by atomic mass is 79.9. The number of aromatic nitrogens is 3. The minimum atomic E-state index is -0.747. The van der Waals surface area contributed by atoms with Gasteiger partial charge in [0.2, 0.25) is 5.95 Å². The van der Waals surface area contributed by atoms with Crippen LogP contribution in [-0.2, 0) is 4.74 Å². The fourth-order valence-corrected chi connectivity index (χ4v) is 4.50. The van der Waals surface area contributed by atoms with E-state index in [1.54, 1.807) is 7.11 Å². The highest BCUT2D eigenvalue weighted by Gasteiger charge is 2.40. The highest BCUT2D eigenvalue weighted by Crippen LogP contribution is 2.43. The van der Waals surface area contributed by atoms with Gasteiger partial charge in [0.05, 0.1) is 23.9 Å². The second kappa shape index (κ2) is 6.98.